The molecule has 0 radical (unpaired) electrons. The number of ether oxygens (including phenoxy) is 1. The second kappa shape index (κ2) is 6.25. The number of hydrogen-bond acceptors (Lipinski definition) is 6. The van der Waals surface area contributed by atoms with Crippen molar-refractivity contribution in [2.75, 3.05) is 24.9 Å². The van der Waals surface area contributed by atoms with Gasteiger partial charge in [-0.2, -0.15) is 0 Å². The highest BCUT2D eigenvalue weighted by Gasteiger charge is 2.19. The molecule has 1 unspecified atom stereocenters. The standard InChI is InChI=1S/C10H12N2O6S/c1-11(6-19(16)17)9-5-7(12(14)15)3-4-8(9)10(13)18-2/h3-5H,6H2,1-2H3,(H,16,17). The van der Waals surface area contributed by atoms with Gasteiger partial charge in [-0.3, -0.25) is 10.1 Å². The fraction of sp³-hybridized carbons (Fsp3) is 0.300. The number of carbonyl (C=O) groups is 1. The molecule has 9 heteroatoms. The molecule has 0 aromatic heterocycles. The highest BCUT2D eigenvalue weighted by Crippen LogP contribution is 2.26. The Kier molecular flexibility index (Phi) is 4.95. The maximum absolute atomic E-state index is 11.5. The summed E-state index contributed by atoms with van der Waals surface area (Å²) in [6, 6.07) is 3.56. The molecule has 1 N–H and O–H groups in total. The fourth-order valence-corrected chi connectivity index (χ4v) is 1.94. The van der Waals surface area contributed by atoms with E-state index in [0.29, 0.717) is 0 Å². The third-order valence-electron chi connectivity index (χ3n) is 2.31. The van der Waals surface area contributed by atoms with E-state index >= 15 is 0 Å². The number of nitrogens with zero attached hydrogens (tertiary/aromatic N) is 2. The Balaban J connectivity index is 3.28. The Bertz CT molecular complexity index is 533. The SMILES string of the molecule is COC(=O)c1ccc([N+](=O)[O-])cc1N(C)CS(=O)O. The molecule has 0 spiro atoms. The van der Waals surface area contributed by atoms with Crippen molar-refractivity contribution in [2.24, 2.45) is 0 Å². The lowest BCUT2D eigenvalue weighted by atomic mass is 10.1. The molecule has 0 saturated heterocycles. The number of nitro groups is 1. The van der Waals surface area contributed by atoms with Crippen molar-refractivity contribution in [1.29, 1.82) is 0 Å². The monoisotopic (exact) mass is 288 g/mol. The summed E-state index contributed by atoms with van der Waals surface area (Å²) in [5.41, 5.74) is 0.0164. The second-order valence-electron chi connectivity index (χ2n) is 3.60. The molecule has 0 amide bonds. The van der Waals surface area contributed by atoms with E-state index in [9.17, 15) is 19.1 Å². The lowest BCUT2D eigenvalue weighted by Gasteiger charge is -2.19. The average Bonchev–Trinajstić information content (AvgIpc) is 2.36. The van der Waals surface area contributed by atoms with Gasteiger partial charge in [0.2, 0.25) is 0 Å². The lowest BCUT2D eigenvalue weighted by molar-refractivity contribution is -0.384. The molecule has 0 heterocycles. The van der Waals surface area contributed by atoms with E-state index in [4.69, 9.17) is 4.55 Å². The molecule has 1 aromatic carbocycles. The van der Waals surface area contributed by atoms with E-state index in [1.165, 1.54) is 31.2 Å². The smallest absolute Gasteiger partial charge is 0.339 e. The molecule has 1 aromatic rings. The molecule has 0 aliphatic carbocycles. The highest BCUT2D eigenvalue weighted by atomic mass is 32.2. The number of nitro benzene ring substituents is 1. The molecular formula is C10H12N2O6S. The summed E-state index contributed by atoms with van der Waals surface area (Å²) < 4.78 is 24.2. The van der Waals surface area contributed by atoms with Gasteiger partial charge in [0.25, 0.3) is 5.69 Å². The molecule has 0 aliphatic heterocycles. The topological polar surface area (TPSA) is 110 Å². The molecule has 0 bridgehead atoms. The minimum atomic E-state index is -2.13. The summed E-state index contributed by atoms with van der Waals surface area (Å²) in [4.78, 5) is 22.9. The van der Waals surface area contributed by atoms with Crippen LogP contribution in [0.3, 0.4) is 0 Å². The molecular weight excluding hydrogens is 276 g/mol. The van der Waals surface area contributed by atoms with Crippen LogP contribution in [0.1, 0.15) is 10.4 Å². The zero-order chi connectivity index (χ0) is 14.6. The fourth-order valence-electron chi connectivity index (χ4n) is 1.47. The number of non-ortho nitro benzene ring substituents is 1. The van der Waals surface area contributed by atoms with Crippen molar-refractivity contribution >= 4 is 28.4 Å². The Morgan fingerprint density at radius 3 is 2.68 bits per heavy atom. The maximum Gasteiger partial charge on any atom is 0.339 e. The molecule has 0 aliphatic rings. The zero-order valence-corrected chi connectivity index (χ0v) is 11.0. The number of carbonyl (C=O) groups excluding carboxylic acids is 1. The van der Waals surface area contributed by atoms with Crippen LogP contribution in [0.2, 0.25) is 0 Å². The van der Waals surface area contributed by atoms with Crippen LogP contribution < -0.4 is 4.90 Å². The number of esters is 1. The number of methoxy groups -OCH3 is 1. The van der Waals surface area contributed by atoms with Crippen LogP contribution in [0.5, 0.6) is 0 Å². The normalized spacial score (nSPS) is 11.7. The number of anilines is 1. The predicted octanol–water partition coefficient (Wildman–Crippen LogP) is 0.997. The maximum atomic E-state index is 11.5. The Labute approximate surface area is 111 Å². The van der Waals surface area contributed by atoms with Gasteiger partial charge in [0, 0.05) is 19.2 Å². The van der Waals surface area contributed by atoms with Crippen molar-refractivity contribution in [2.45, 2.75) is 0 Å². The molecule has 1 atom stereocenters. The Hall–Kier alpha value is -2.00. The van der Waals surface area contributed by atoms with Crippen molar-refractivity contribution < 1.29 is 23.2 Å². The van der Waals surface area contributed by atoms with Gasteiger partial charge in [-0.15, -0.1) is 0 Å². The predicted molar refractivity (Wildman–Crippen MR) is 68.5 cm³/mol. The van der Waals surface area contributed by atoms with E-state index < -0.39 is 22.0 Å². The summed E-state index contributed by atoms with van der Waals surface area (Å²) in [6.07, 6.45) is 0. The van der Waals surface area contributed by atoms with Crippen LogP contribution in [-0.4, -0.2) is 39.7 Å². The quantitative estimate of drug-likeness (QED) is 0.372. The van der Waals surface area contributed by atoms with Gasteiger partial charge < -0.3 is 14.2 Å². The first-order valence-electron chi connectivity index (χ1n) is 5.02. The third-order valence-corrected chi connectivity index (χ3v) is 2.92. The number of benzene rings is 1. The zero-order valence-electron chi connectivity index (χ0n) is 10.2. The van der Waals surface area contributed by atoms with E-state index in [-0.39, 0.29) is 22.8 Å². The van der Waals surface area contributed by atoms with Crippen LogP contribution in [0.4, 0.5) is 11.4 Å². The van der Waals surface area contributed by atoms with Gasteiger partial charge in [-0.1, -0.05) is 0 Å². The number of hydrogen-bond donors (Lipinski definition) is 1. The molecule has 8 nitrogen and oxygen atoms in total. The van der Waals surface area contributed by atoms with Crippen LogP contribution >= 0.6 is 0 Å². The summed E-state index contributed by atoms with van der Waals surface area (Å²) in [6.45, 7) is 0. The van der Waals surface area contributed by atoms with Crippen molar-refractivity contribution in [3.05, 3.63) is 33.9 Å². The summed E-state index contributed by atoms with van der Waals surface area (Å²) in [5.74, 6) is -0.967. The van der Waals surface area contributed by atoms with Crippen molar-refractivity contribution in [3.63, 3.8) is 0 Å². The number of rotatable bonds is 5. The summed E-state index contributed by atoms with van der Waals surface area (Å²) in [7, 11) is 2.62. The van der Waals surface area contributed by atoms with Crippen molar-refractivity contribution in [3.8, 4) is 0 Å². The first kappa shape index (κ1) is 15.1. The van der Waals surface area contributed by atoms with Gasteiger partial charge in [0.1, 0.15) is 5.88 Å². The van der Waals surface area contributed by atoms with Gasteiger partial charge >= 0.3 is 5.97 Å². The summed E-state index contributed by atoms with van der Waals surface area (Å²) >= 11 is -2.13. The lowest BCUT2D eigenvalue weighted by Crippen LogP contribution is -2.24. The molecule has 19 heavy (non-hydrogen) atoms. The largest absolute Gasteiger partial charge is 0.465 e. The minimum Gasteiger partial charge on any atom is -0.465 e. The first-order chi connectivity index (χ1) is 8.86. The Morgan fingerprint density at radius 2 is 2.21 bits per heavy atom. The first-order valence-corrected chi connectivity index (χ1v) is 6.29. The average molecular weight is 288 g/mol. The van der Waals surface area contributed by atoms with E-state index in [2.05, 4.69) is 4.74 Å². The van der Waals surface area contributed by atoms with E-state index in [1.54, 1.807) is 0 Å². The van der Waals surface area contributed by atoms with Crippen LogP contribution in [0, 0.1) is 10.1 Å². The van der Waals surface area contributed by atoms with Crippen LogP contribution in [0.15, 0.2) is 18.2 Å². The molecule has 104 valence electrons. The van der Waals surface area contributed by atoms with Gasteiger partial charge in [-0.05, 0) is 6.07 Å². The third kappa shape index (κ3) is 3.73. The highest BCUT2D eigenvalue weighted by molar-refractivity contribution is 7.79. The molecule has 0 saturated carbocycles. The van der Waals surface area contributed by atoms with E-state index in [0.717, 1.165) is 6.07 Å². The van der Waals surface area contributed by atoms with Gasteiger partial charge in [-0.25, -0.2) is 9.00 Å². The van der Waals surface area contributed by atoms with Gasteiger partial charge in [0.05, 0.1) is 23.3 Å². The van der Waals surface area contributed by atoms with Crippen LogP contribution in [-0.2, 0) is 15.8 Å². The van der Waals surface area contributed by atoms with Gasteiger partial charge in [0.15, 0.2) is 11.1 Å². The van der Waals surface area contributed by atoms with E-state index in [1.807, 2.05) is 0 Å². The van der Waals surface area contributed by atoms with Crippen molar-refractivity contribution in [1.82, 2.24) is 0 Å². The second-order valence-corrected chi connectivity index (χ2v) is 4.50. The molecule has 0 fully saturated rings. The van der Waals surface area contributed by atoms with Crippen LogP contribution in [0.25, 0.3) is 0 Å². The Morgan fingerprint density at radius 1 is 1.58 bits per heavy atom. The molecule has 1 rings (SSSR count). The summed E-state index contributed by atoms with van der Waals surface area (Å²) in [5, 5.41) is 10.7. The minimum absolute atomic E-state index is 0.0843.